The molecule has 2 heteroatoms. The van der Waals surface area contributed by atoms with Gasteiger partial charge in [0.1, 0.15) is 0 Å². The van der Waals surface area contributed by atoms with E-state index in [-0.39, 0.29) is 12.0 Å². The smallest absolute Gasteiger partial charge is 0.0615 e. The molecule has 0 aromatic carbocycles. The van der Waals surface area contributed by atoms with E-state index >= 15 is 0 Å². The number of ether oxygens (including phenoxy) is 1. The summed E-state index contributed by atoms with van der Waals surface area (Å²) in [5, 5.41) is 9.81. The molecule has 0 bridgehead atoms. The molecule has 0 spiro atoms. The second-order valence-corrected chi connectivity index (χ2v) is 4.10. The molecule has 2 nitrogen and oxygen atoms in total. The SMILES string of the molecule is COCC(C(C)C)C(O)C(C)C. The van der Waals surface area contributed by atoms with E-state index in [2.05, 4.69) is 13.8 Å². The highest BCUT2D eigenvalue weighted by Gasteiger charge is 2.24. The summed E-state index contributed by atoms with van der Waals surface area (Å²) in [6.45, 7) is 8.97. The first-order chi connectivity index (χ1) is 5.50. The van der Waals surface area contributed by atoms with Gasteiger partial charge in [-0.2, -0.15) is 0 Å². The summed E-state index contributed by atoms with van der Waals surface area (Å²) in [4.78, 5) is 0. The minimum atomic E-state index is -0.245. The third-order valence-corrected chi connectivity index (χ3v) is 2.34. The van der Waals surface area contributed by atoms with Gasteiger partial charge in [0, 0.05) is 13.0 Å². The number of methoxy groups -OCH3 is 1. The van der Waals surface area contributed by atoms with Crippen molar-refractivity contribution in [3.63, 3.8) is 0 Å². The maximum atomic E-state index is 9.81. The molecule has 0 aromatic heterocycles. The predicted molar refractivity (Wildman–Crippen MR) is 51.0 cm³/mol. The molecule has 0 saturated heterocycles. The van der Waals surface area contributed by atoms with Crippen LogP contribution in [0.1, 0.15) is 27.7 Å². The molecule has 0 fully saturated rings. The van der Waals surface area contributed by atoms with Crippen molar-refractivity contribution in [3.8, 4) is 0 Å². The van der Waals surface area contributed by atoms with Gasteiger partial charge in [-0.05, 0) is 11.8 Å². The topological polar surface area (TPSA) is 29.5 Å². The first kappa shape index (κ1) is 11.9. The lowest BCUT2D eigenvalue weighted by Gasteiger charge is -2.28. The average molecular weight is 174 g/mol. The molecule has 12 heavy (non-hydrogen) atoms. The Morgan fingerprint density at radius 2 is 1.58 bits per heavy atom. The number of aliphatic hydroxyl groups is 1. The minimum Gasteiger partial charge on any atom is -0.392 e. The molecule has 0 aliphatic carbocycles. The number of hydrogen-bond donors (Lipinski definition) is 1. The van der Waals surface area contributed by atoms with E-state index in [1.54, 1.807) is 7.11 Å². The molecule has 0 saturated carbocycles. The lowest BCUT2D eigenvalue weighted by molar-refractivity contribution is -0.00114. The normalized spacial score (nSPS) is 17.0. The van der Waals surface area contributed by atoms with Gasteiger partial charge in [-0.3, -0.25) is 0 Å². The zero-order valence-electron chi connectivity index (χ0n) is 8.87. The Bertz CT molecular complexity index is 110. The summed E-state index contributed by atoms with van der Waals surface area (Å²) < 4.78 is 5.08. The van der Waals surface area contributed by atoms with Crippen LogP contribution in [-0.4, -0.2) is 24.9 Å². The zero-order valence-corrected chi connectivity index (χ0v) is 8.87. The summed E-state index contributed by atoms with van der Waals surface area (Å²) in [6.07, 6.45) is -0.245. The van der Waals surface area contributed by atoms with Crippen LogP contribution < -0.4 is 0 Å². The Morgan fingerprint density at radius 3 is 1.83 bits per heavy atom. The van der Waals surface area contributed by atoms with E-state index in [0.717, 1.165) is 0 Å². The number of aliphatic hydroxyl groups excluding tert-OH is 1. The van der Waals surface area contributed by atoms with E-state index in [1.165, 1.54) is 0 Å². The number of hydrogen-bond acceptors (Lipinski definition) is 2. The van der Waals surface area contributed by atoms with Gasteiger partial charge in [-0.15, -0.1) is 0 Å². The third kappa shape index (κ3) is 3.55. The van der Waals surface area contributed by atoms with Crippen LogP contribution in [-0.2, 0) is 4.74 Å². The van der Waals surface area contributed by atoms with Crippen molar-refractivity contribution in [2.75, 3.05) is 13.7 Å². The molecule has 2 unspecified atom stereocenters. The van der Waals surface area contributed by atoms with Gasteiger partial charge in [-0.1, -0.05) is 27.7 Å². The first-order valence-electron chi connectivity index (χ1n) is 4.67. The third-order valence-electron chi connectivity index (χ3n) is 2.34. The molecule has 0 amide bonds. The van der Waals surface area contributed by atoms with Crippen LogP contribution in [0.2, 0.25) is 0 Å². The summed E-state index contributed by atoms with van der Waals surface area (Å²) in [5.74, 6) is 1.05. The van der Waals surface area contributed by atoms with Crippen LogP contribution in [0.25, 0.3) is 0 Å². The fourth-order valence-corrected chi connectivity index (χ4v) is 1.37. The molecule has 0 aliphatic heterocycles. The lowest BCUT2D eigenvalue weighted by Crippen LogP contribution is -2.33. The van der Waals surface area contributed by atoms with Crippen molar-refractivity contribution in [2.24, 2.45) is 17.8 Å². The highest BCUT2D eigenvalue weighted by molar-refractivity contribution is 4.73. The molecular formula is C10H22O2. The van der Waals surface area contributed by atoms with E-state index in [1.807, 2.05) is 13.8 Å². The Kier molecular flexibility index (Phi) is 5.51. The Labute approximate surface area is 75.9 Å². The maximum absolute atomic E-state index is 9.81. The summed E-state index contributed by atoms with van der Waals surface area (Å²) >= 11 is 0. The van der Waals surface area contributed by atoms with Gasteiger partial charge < -0.3 is 9.84 Å². The molecule has 2 atom stereocenters. The fourth-order valence-electron chi connectivity index (χ4n) is 1.37. The monoisotopic (exact) mass is 174 g/mol. The largest absolute Gasteiger partial charge is 0.392 e. The summed E-state index contributed by atoms with van der Waals surface area (Å²) in [6, 6.07) is 0. The number of rotatable bonds is 5. The molecule has 0 radical (unpaired) electrons. The van der Waals surface area contributed by atoms with Crippen molar-refractivity contribution >= 4 is 0 Å². The van der Waals surface area contributed by atoms with Crippen molar-refractivity contribution < 1.29 is 9.84 Å². The van der Waals surface area contributed by atoms with Crippen LogP contribution in [0, 0.1) is 17.8 Å². The van der Waals surface area contributed by atoms with Crippen molar-refractivity contribution in [2.45, 2.75) is 33.8 Å². The highest BCUT2D eigenvalue weighted by Crippen LogP contribution is 2.20. The fraction of sp³-hybridized carbons (Fsp3) is 1.00. The van der Waals surface area contributed by atoms with Gasteiger partial charge in [0.15, 0.2) is 0 Å². The van der Waals surface area contributed by atoms with Crippen LogP contribution in [0.4, 0.5) is 0 Å². The molecule has 1 N–H and O–H groups in total. The van der Waals surface area contributed by atoms with Crippen LogP contribution in [0.5, 0.6) is 0 Å². The van der Waals surface area contributed by atoms with Crippen LogP contribution in [0.15, 0.2) is 0 Å². The highest BCUT2D eigenvalue weighted by atomic mass is 16.5. The minimum absolute atomic E-state index is 0.245. The Morgan fingerprint density at radius 1 is 1.08 bits per heavy atom. The molecule has 0 rings (SSSR count). The van der Waals surface area contributed by atoms with Gasteiger partial charge >= 0.3 is 0 Å². The van der Waals surface area contributed by atoms with Gasteiger partial charge in [0.2, 0.25) is 0 Å². The van der Waals surface area contributed by atoms with Crippen molar-refractivity contribution in [1.82, 2.24) is 0 Å². The van der Waals surface area contributed by atoms with Crippen LogP contribution >= 0.6 is 0 Å². The quantitative estimate of drug-likeness (QED) is 0.690. The average Bonchev–Trinajstić information content (AvgIpc) is 1.98. The molecule has 0 aliphatic rings. The Balaban J connectivity index is 4.09. The van der Waals surface area contributed by atoms with Crippen LogP contribution in [0.3, 0.4) is 0 Å². The van der Waals surface area contributed by atoms with Gasteiger partial charge in [0.05, 0.1) is 12.7 Å². The second-order valence-electron chi connectivity index (χ2n) is 4.10. The molecule has 0 aromatic rings. The van der Waals surface area contributed by atoms with E-state index in [9.17, 15) is 5.11 Å². The molecular weight excluding hydrogens is 152 g/mol. The zero-order chi connectivity index (χ0) is 9.72. The lowest BCUT2D eigenvalue weighted by atomic mass is 9.85. The van der Waals surface area contributed by atoms with Crippen molar-refractivity contribution in [1.29, 1.82) is 0 Å². The Hall–Kier alpha value is -0.0800. The van der Waals surface area contributed by atoms with E-state index < -0.39 is 0 Å². The summed E-state index contributed by atoms with van der Waals surface area (Å²) in [5.41, 5.74) is 0. The van der Waals surface area contributed by atoms with Gasteiger partial charge in [0.25, 0.3) is 0 Å². The van der Waals surface area contributed by atoms with Crippen molar-refractivity contribution in [3.05, 3.63) is 0 Å². The predicted octanol–water partition coefficient (Wildman–Crippen LogP) is 1.92. The standard InChI is InChI=1S/C10H22O2/c1-7(2)9(6-12-5)10(11)8(3)4/h7-11H,6H2,1-5H3. The second kappa shape index (κ2) is 5.55. The van der Waals surface area contributed by atoms with E-state index in [0.29, 0.717) is 18.4 Å². The molecule has 74 valence electrons. The van der Waals surface area contributed by atoms with Gasteiger partial charge in [-0.25, -0.2) is 0 Å². The first-order valence-corrected chi connectivity index (χ1v) is 4.67. The van der Waals surface area contributed by atoms with E-state index in [4.69, 9.17) is 4.74 Å². The summed E-state index contributed by atoms with van der Waals surface area (Å²) in [7, 11) is 1.68. The molecule has 0 heterocycles. The maximum Gasteiger partial charge on any atom is 0.0615 e.